The van der Waals surface area contributed by atoms with Crippen molar-refractivity contribution in [2.75, 3.05) is 14.1 Å². The molecule has 0 heterocycles. The van der Waals surface area contributed by atoms with E-state index >= 15 is 0 Å². The Morgan fingerprint density at radius 1 is 1.35 bits per heavy atom. The molecule has 20 heavy (non-hydrogen) atoms. The quantitative estimate of drug-likeness (QED) is 0.908. The first kappa shape index (κ1) is 15.8. The van der Waals surface area contributed by atoms with Crippen LogP contribution in [-0.2, 0) is 16.6 Å². The Kier molecular flexibility index (Phi) is 5.07. The van der Waals surface area contributed by atoms with E-state index in [4.69, 9.17) is 11.6 Å². The molecule has 0 amide bonds. The lowest BCUT2D eigenvalue weighted by Gasteiger charge is -2.23. The fraction of sp³-hybridized carbons (Fsp3) is 0.571. The number of halogens is 1. The minimum atomic E-state index is -3.45. The van der Waals surface area contributed by atoms with Gasteiger partial charge in [-0.1, -0.05) is 30.5 Å². The second kappa shape index (κ2) is 6.43. The van der Waals surface area contributed by atoms with Crippen LogP contribution in [0, 0.1) is 0 Å². The van der Waals surface area contributed by atoms with Gasteiger partial charge in [0.1, 0.15) is 0 Å². The second-order valence-electron chi connectivity index (χ2n) is 5.24. The summed E-state index contributed by atoms with van der Waals surface area (Å²) < 4.78 is 26.7. The van der Waals surface area contributed by atoms with E-state index in [9.17, 15) is 8.42 Å². The van der Waals surface area contributed by atoms with Crippen LogP contribution in [-0.4, -0.2) is 32.9 Å². The van der Waals surface area contributed by atoms with Crippen molar-refractivity contribution in [3.05, 3.63) is 28.8 Å². The smallest absolute Gasteiger partial charge is 0.243 e. The van der Waals surface area contributed by atoms with E-state index in [0.29, 0.717) is 11.6 Å². The molecule has 6 heteroatoms. The van der Waals surface area contributed by atoms with Gasteiger partial charge in [-0.2, -0.15) is 4.31 Å². The zero-order valence-electron chi connectivity index (χ0n) is 11.9. The summed E-state index contributed by atoms with van der Waals surface area (Å²) in [4.78, 5) is 0.275. The molecule has 0 saturated heterocycles. The highest BCUT2D eigenvalue weighted by molar-refractivity contribution is 7.89. The molecule has 0 aliphatic heterocycles. The van der Waals surface area contributed by atoms with Gasteiger partial charge in [-0.25, -0.2) is 8.42 Å². The van der Waals surface area contributed by atoms with Crippen LogP contribution < -0.4 is 5.32 Å². The van der Waals surface area contributed by atoms with Crippen LogP contribution in [0.25, 0.3) is 0 Å². The number of sulfonamides is 1. The van der Waals surface area contributed by atoms with E-state index in [1.165, 1.54) is 4.31 Å². The molecule has 0 unspecified atom stereocenters. The van der Waals surface area contributed by atoms with Crippen molar-refractivity contribution >= 4 is 21.6 Å². The molecule has 0 radical (unpaired) electrons. The first-order valence-electron chi connectivity index (χ1n) is 6.88. The predicted octanol–water partition coefficient (Wildman–Crippen LogP) is 2.62. The standard InChI is InChI=1S/C14H21ClN2O2S/c1-16-10-11-7-8-13(9-14(11)15)20(18,19)17(2)12-5-3-4-6-12/h7-9,12,16H,3-6,10H2,1-2H3. The Morgan fingerprint density at radius 2 is 2.00 bits per heavy atom. The van der Waals surface area contributed by atoms with Gasteiger partial charge >= 0.3 is 0 Å². The molecule has 1 saturated carbocycles. The fourth-order valence-corrected chi connectivity index (χ4v) is 4.41. The number of hydrogen-bond acceptors (Lipinski definition) is 3. The highest BCUT2D eigenvalue weighted by Gasteiger charge is 2.30. The Hall–Kier alpha value is -0.620. The molecule has 1 aromatic carbocycles. The summed E-state index contributed by atoms with van der Waals surface area (Å²) in [5, 5.41) is 3.49. The maximum atomic E-state index is 12.6. The van der Waals surface area contributed by atoms with E-state index in [2.05, 4.69) is 5.32 Å². The van der Waals surface area contributed by atoms with Crippen molar-refractivity contribution in [1.29, 1.82) is 0 Å². The molecule has 0 spiro atoms. The zero-order chi connectivity index (χ0) is 14.8. The zero-order valence-corrected chi connectivity index (χ0v) is 13.5. The van der Waals surface area contributed by atoms with Crippen LogP contribution in [0.2, 0.25) is 5.02 Å². The van der Waals surface area contributed by atoms with Crippen LogP contribution in [0.4, 0.5) is 0 Å². The number of nitrogens with one attached hydrogen (secondary N) is 1. The van der Waals surface area contributed by atoms with Crippen molar-refractivity contribution in [2.45, 2.75) is 43.2 Å². The average Bonchev–Trinajstić information content (AvgIpc) is 2.94. The maximum Gasteiger partial charge on any atom is 0.243 e. The van der Waals surface area contributed by atoms with Crippen LogP contribution in [0.1, 0.15) is 31.2 Å². The first-order valence-corrected chi connectivity index (χ1v) is 8.69. The molecule has 0 aromatic heterocycles. The van der Waals surface area contributed by atoms with Gasteiger partial charge in [0.2, 0.25) is 10.0 Å². The van der Waals surface area contributed by atoms with Crippen LogP contribution in [0.15, 0.2) is 23.1 Å². The molecule has 0 bridgehead atoms. The molecule has 1 fully saturated rings. The summed E-state index contributed by atoms with van der Waals surface area (Å²) in [7, 11) is 0.0475. The van der Waals surface area contributed by atoms with Crippen LogP contribution >= 0.6 is 11.6 Å². The van der Waals surface area contributed by atoms with Gasteiger partial charge < -0.3 is 5.32 Å². The summed E-state index contributed by atoms with van der Waals surface area (Å²) in [6.07, 6.45) is 4.10. The molecule has 2 rings (SSSR count). The normalized spacial score (nSPS) is 17.0. The van der Waals surface area contributed by atoms with Crippen molar-refractivity contribution in [3.8, 4) is 0 Å². The van der Waals surface area contributed by atoms with Crippen molar-refractivity contribution in [2.24, 2.45) is 0 Å². The number of nitrogens with zero attached hydrogens (tertiary/aromatic N) is 1. The first-order chi connectivity index (χ1) is 9.46. The van der Waals surface area contributed by atoms with E-state index < -0.39 is 10.0 Å². The Bertz CT molecular complexity index is 569. The van der Waals surface area contributed by atoms with Crippen molar-refractivity contribution in [3.63, 3.8) is 0 Å². The van der Waals surface area contributed by atoms with Crippen LogP contribution in [0.3, 0.4) is 0 Å². The lowest BCUT2D eigenvalue weighted by Crippen LogP contribution is -2.35. The predicted molar refractivity (Wildman–Crippen MR) is 81.4 cm³/mol. The molecule has 112 valence electrons. The SMILES string of the molecule is CNCc1ccc(S(=O)(=O)N(C)C2CCCC2)cc1Cl. The third-order valence-electron chi connectivity index (χ3n) is 3.91. The average molecular weight is 317 g/mol. The van der Waals surface area contributed by atoms with Gasteiger partial charge in [0.05, 0.1) is 4.90 Å². The van der Waals surface area contributed by atoms with E-state index in [-0.39, 0.29) is 10.9 Å². The Labute approximate surface area is 126 Å². The largest absolute Gasteiger partial charge is 0.316 e. The minimum absolute atomic E-state index is 0.121. The molecule has 0 atom stereocenters. The van der Waals surface area contributed by atoms with Gasteiger partial charge in [0.15, 0.2) is 0 Å². The monoisotopic (exact) mass is 316 g/mol. The summed E-state index contributed by atoms with van der Waals surface area (Å²) >= 11 is 6.16. The molecule has 1 aromatic rings. The molecule has 1 aliphatic carbocycles. The Balaban J connectivity index is 2.27. The van der Waals surface area contributed by atoms with Gasteiger partial charge in [0.25, 0.3) is 0 Å². The Morgan fingerprint density at radius 3 is 2.55 bits per heavy atom. The molecule has 1 N–H and O–H groups in total. The molecule has 4 nitrogen and oxygen atoms in total. The third-order valence-corrected chi connectivity index (χ3v) is 6.17. The lowest BCUT2D eigenvalue weighted by molar-refractivity contribution is 0.373. The topological polar surface area (TPSA) is 49.4 Å². The maximum absolute atomic E-state index is 12.6. The van der Waals surface area contributed by atoms with Crippen molar-refractivity contribution in [1.82, 2.24) is 9.62 Å². The summed E-state index contributed by atoms with van der Waals surface area (Å²) in [5.41, 5.74) is 0.900. The third kappa shape index (κ3) is 3.17. The molecular weight excluding hydrogens is 296 g/mol. The lowest BCUT2D eigenvalue weighted by atomic mass is 10.2. The van der Waals surface area contributed by atoms with Gasteiger partial charge in [0, 0.05) is 24.7 Å². The molecule has 1 aliphatic rings. The minimum Gasteiger partial charge on any atom is -0.316 e. The summed E-state index contributed by atoms with van der Waals surface area (Å²) in [5.74, 6) is 0. The van der Waals surface area contributed by atoms with Gasteiger partial charge in [-0.15, -0.1) is 0 Å². The van der Waals surface area contributed by atoms with Crippen molar-refractivity contribution < 1.29 is 8.42 Å². The second-order valence-corrected chi connectivity index (χ2v) is 7.65. The fourth-order valence-electron chi connectivity index (χ4n) is 2.65. The number of hydrogen-bond donors (Lipinski definition) is 1. The van der Waals surface area contributed by atoms with Gasteiger partial charge in [-0.3, -0.25) is 0 Å². The van der Waals surface area contributed by atoms with Gasteiger partial charge in [-0.05, 0) is 37.6 Å². The van der Waals surface area contributed by atoms with E-state index in [1.807, 2.05) is 7.05 Å². The summed E-state index contributed by atoms with van der Waals surface area (Å²) in [6.45, 7) is 0.623. The van der Waals surface area contributed by atoms with E-state index in [0.717, 1.165) is 31.2 Å². The number of benzene rings is 1. The highest BCUT2D eigenvalue weighted by Crippen LogP contribution is 2.29. The number of rotatable bonds is 5. The molecular formula is C14H21ClN2O2S. The highest BCUT2D eigenvalue weighted by atomic mass is 35.5. The van der Waals surface area contributed by atoms with E-state index in [1.54, 1.807) is 25.2 Å². The van der Waals surface area contributed by atoms with Crippen LogP contribution in [0.5, 0.6) is 0 Å². The summed E-state index contributed by atoms with van der Waals surface area (Å²) in [6, 6.07) is 5.08.